The van der Waals surface area contributed by atoms with Crippen LogP contribution in [0.2, 0.25) is 0 Å². The van der Waals surface area contributed by atoms with Crippen molar-refractivity contribution in [2.75, 3.05) is 26.4 Å². The van der Waals surface area contributed by atoms with Crippen LogP contribution in [0.15, 0.2) is 72.8 Å². The van der Waals surface area contributed by atoms with Gasteiger partial charge in [-0.3, -0.25) is 0 Å². The van der Waals surface area contributed by atoms with Crippen LogP contribution >= 0.6 is 0 Å². The van der Waals surface area contributed by atoms with Gasteiger partial charge < -0.3 is 18.9 Å². The zero-order valence-electron chi connectivity index (χ0n) is 24.1. The fourth-order valence-electron chi connectivity index (χ4n) is 6.45. The molecule has 4 aromatic carbocycles. The SMILES string of the molecule is [B][B]B([B])c1cc(C2(c3cc([B])c(OCC4CO4)c(C)c3)c3ccccc3-c3ccccc32)cc([B][B])c1OCC1CO1. The molecule has 43 heavy (non-hydrogen) atoms. The number of hydrogen-bond donors (Lipinski definition) is 0. The lowest BCUT2D eigenvalue weighted by molar-refractivity contribution is 0.263. The largest absolute Gasteiger partial charge is 0.492 e. The van der Waals surface area contributed by atoms with E-state index in [1.165, 1.54) is 7.06 Å². The van der Waals surface area contributed by atoms with Gasteiger partial charge in [-0.2, -0.15) is 0 Å². The number of fused-ring (bicyclic) bond motifs is 3. The fourth-order valence-corrected chi connectivity index (χ4v) is 6.45. The summed E-state index contributed by atoms with van der Waals surface area (Å²) in [6.45, 7) is 3.71. The van der Waals surface area contributed by atoms with Crippen molar-refractivity contribution in [1.29, 1.82) is 0 Å². The lowest BCUT2D eigenvalue weighted by Crippen LogP contribution is -2.44. The summed E-state index contributed by atoms with van der Waals surface area (Å²) in [6.07, 6.45) is 0.188. The summed E-state index contributed by atoms with van der Waals surface area (Å²) >= 11 is 0. The van der Waals surface area contributed by atoms with Gasteiger partial charge in [-0.25, -0.2) is 0 Å². The van der Waals surface area contributed by atoms with Gasteiger partial charge in [0.2, 0.25) is 0 Å². The van der Waals surface area contributed by atoms with Crippen LogP contribution in [0.5, 0.6) is 11.5 Å². The smallest absolute Gasteiger partial charge is 0.119 e. The first-order valence-electron chi connectivity index (χ1n) is 14.6. The predicted molar refractivity (Wildman–Crippen MR) is 178 cm³/mol. The minimum Gasteiger partial charge on any atom is -0.492 e. The minimum absolute atomic E-state index is 0.0642. The second-order valence-electron chi connectivity index (χ2n) is 11.5. The van der Waals surface area contributed by atoms with E-state index in [2.05, 4.69) is 66.7 Å². The molecule has 2 unspecified atom stereocenters. The molecule has 0 N–H and O–H groups in total. The summed E-state index contributed by atoms with van der Waals surface area (Å²) in [5.74, 6) is 1.28. The Morgan fingerprint density at radius 1 is 0.837 bits per heavy atom. The van der Waals surface area contributed by atoms with Crippen molar-refractivity contribution < 1.29 is 18.9 Å². The van der Waals surface area contributed by atoms with E-state index in [1.807, 2.05) is 13.0 Å². The van der Waals surface area contributed by atoms with Crippen molar-refractivity contribution in [1.82, 2.24) is 0 Å². The van der Waals surface area contributed by atoms with Crippen molar-refractivity contribution in [2.24, 2.45) is 0 Å². The predicted octanol–water partition coefficient (Wildman–Crippen LogP) is 0.772. The lowest BCUT2D eigenvalue weighted by Gasteiger charge is -2.36. The number of hydrogen-bond acceptors (Lipinski definition) is 4. The number of epoxide rings is 2. The molecule has 3 aliphatic rings. The Balaban J connectivity index is 1.50. The molecule has 0 spiro atoms. The van der Waals surface area contributed by atoms with Gasteiger partial charge in [0.25, 0.3) is 0 Å². The maximum absolute atomic E-state index is 6.76. The second-order valence-corrected chi connectivity index (χ2v) is 11.5. The molecule has 10 radical (unpaired) electrons. The van der Waals surface area contributed by atoms with Crippen molar-refractivity contribution in [3.63, 3.8) is 0 Å². The van der Waals surface area contributed by atoms with Gasteiger partial charge in [0.15, 0.2) is 0 Å². The van der Waals surface area contributed by atoms with E-state index in [9.17, 15) is 0 Å². The molecule has 11 heteroatoms. The highest BCUT2D eigenvalue weighted by atomic mass is 16.6. The van der Waals surface area contributed by atoms with Crippen molar-refractivity contribution in [2.45, 2.75) is 24.5 Å². The third kappa shape index (κ3) is 4.99. The molecule has 2 fully saturated rings. The van der Waals surface area contributed by atoms with Crippen LogP contribution in [0.3, 0.4) is 0 Å². The Kier molecular flexibility index (Phi) is 7.59. The second kappa shape index (κ2) is 11.4. The Morgan fingerprint density at radius 2 is 1.40 bits per heavy atom. The average molecular weight is 549 g/mol. The van der Waals surface area contributed by atoms with E-state index in [4.69, 9.17) is 50.0 Å². The third-order valence-corrected chi connectivity index (χ3v) is 8.65. The normalized spacial score (nSPS) is 18.7. The Labute approximate surface area is 260 Å². The number of aryl methyl sites for hydroxylation is 1. The molecular formula is C32H25B7O4. The Hall–Kier alpha value is -3.15. The molecule has 2 aliphatic heterocycles. The maximum Gasteiger partial charge on any atom is 0.119 e. The van der Waals surface area contributed by atoms with Gasteiger partial charge in [0, 0.05) is 30.3 Å². The van der Waals surface area contributed by atoms with Crippen LogP contribution in [0.25, 0.3) is 11.1 Å². The summed E-state index contributed by atoms with van der Waals surface area (Å²) in [5, 5.41) is 0. The van der Waals surface area contributed by atoms with Crippen molar-refractivity contribution in [3.8, 4) is 22.6 Å². The van der Waals surface area contributed by atoms with Gasteiger partial charge in [-0.15, -0.1) is 0 Å². The van der Waals surface area contributed by atoms with E-state index in [-0.39, 0.29) is 12.2 Å². The van der Waals surface area contributed by atoms with Crippen LogP contribution in [0.4, 0.5) is 0 Å². The summed E-state index contributed by atoms with van der Waals surface area (Å²) in [7, 11) is 28.7. The van der Waals surface area contributed by atoms with E-state index in [0.29, 0.717) is 43.4 Å². The molecule has 4 nitrogen and oxygen atoms in total. The molecule has 198 valence electrons. The van der Waals surface area contributed by atoms with E-state index < -0.39 is 11.9 Å². The molecule has 2 atom stereocenters. The maximum atomic E-state index is 6.76. The molecule has 0 saturated carbocycles. The monoisotopic (exact) mass is 550 g/mol. The quantitative estimate of drug-likeness (QED) is 0.181. The lowest BCUT2D eigenvalue weighted by atomic mass is 9.03. The van der Waals surface area contributed by atoms with E-state index >= 15 is 0 Å². The van der Waals surface area contributed by atoms with Gasteiger partial charge >= 0.3 is 0 Å². The first kappa shape index (κ1) is 28.6. The summed E-state index contributed by atoms with van der Waals surface area (Å²) in [4.78, 5) is 0. The van der Waals surface area contributed by atoms with Crippen LogP contribution in [0.1, 0.15) is 27.8 Å². The topological polar surface area (TPSA) is 43.5 Å². The van der Waals surface area contributed by atoms with Crippen molar-refractivity contribution >= 4 is 68.2 Å². The van der Waals surface area contributed by atoms with Crippen LogP contribution in [0, 0.1) is 6.92 Å². The number of rotatable bonds is 11. The van der Waals surface area contributed by atoms with Crippen LogP contribution < -0.4 is 25.9 Å². The molecule has 7 rings (SSSR count). The van der Waals surface area contributed by atoms with Gasteiger partial charge in [-0.05, 0) is 45.9 Å². The highest BCUT2D eigenvalue weighted by Crippen LogP contribution is 2.56. The fraction of sp³-hybridized carbons (Fsp3) is 0.250. The minimum atomic E-state index is -0.747. The first-order chi connectivity index (χ1) is 20.9. The molecule has 2 saturated heterocycles. The summed E-state index contributed by atoms with van der Waals surface area (Å²) < 4.78 is 23.1. The Morgan fingerprint density at radius 3 is 1.93 bits per heavy atom. The highest BCUT2D eigenvalue weighted by molar-refractivity contribution is 7.50. The molecule has 0 amide bonds. The van der Waals surface area contributed by atoms with Crippen LogP contribution in [-0.2, 0) is 14.9 Å². The third-order valence-electron chi connectivity index (χ3n) is 8.65. The number of benzene rings is 4. The van der Waals surface area contributed by atoms with E-state index in [1.54, 1.807) is 7.17 Å². The summed E-state index contributed by atoms with van der Waals surface area (Å²) in [6, 6.07) is 25.4. The first-order valence-corrected chi connectivity index (χ1v) is 14.6. The zero-order chi connectivity index (χ0) is 29.7. The molecule has 0 aromatic heterocycles. The van der Waals surface area contributed by atoms with Gasteiger partial charge in [0.1, 0.15) is 51.9 Å². The van der Waals surface area contributed by atoms with Crippen LogP contribution in [-0.4, -0.2) is 90.4 Å². The molecule has 0 bridgehead atoms. The molecule has 1 aliphatic carbocycles. The standard InChI is InChI=1S/C32H25B7O4/c1-18-10-19(11-27(33)30(18)42-16-21-14-40-21)32(25-8-4-2-6-23(25)24-7-3-5-9-26(24)32)20-12-28(37-34)31(43-17-22-15-41-22)29(13-20)39(36)38-35/h2-13,21-22H,14-17H2,1H3. The number of ether oxygens (including phenoxy) is 4. The molecule has 2 heterocycles. The Bertz CT molecular complexity index is 1620. The summed E-state index contributed by atoms with van der Waals surface area (Å²) in [5.41, 5.74) is 8.79. The van der Waals surface area contributed by atoms with Gasteiger partial charge in [-0.1, -0.05) is 89.2 Å². The van der Waals surface area contributed by atoms with E-state index in [0.717, 1.165) is 49.9 Å². The molecular weight excluding hydrogens is 524 g/mol. The van der Waals surface area contributed by atoms with Gasteiger partial charge in [0.05, 0.1) is 25.1 Å². The average Bonchev–Trinajstić information content (AvgIpc) is 3.97. The zero-order valence-corrected chi connectivity index (χ0v) is 24.1. The highest BCUT2D eigenvalue weighted by Gasteiger charge is 2.47. The molecule has 4 aromatic rings. The van der Waals surface area contributed by atoms with Crippen molar-refractivity contribution in [3.05, 3.63) is 101 Å².